The van der Waals surface area contributed by atoms with E-state index in [1.54, 1.807) is 0 Å². The van der Waals surface area contributed by atoms with Crippen molar-refractivity contribution in [1.82, 2.24) is 5.32 Å². The van der Waals surface area contributed by atoms with Gasteiger partial charge in [-0.2, -0.15) is 0 Å². The summed E-state index contributed by atoms with van der Waals surface area (Å²) in [6, 6.07) is 17.8. The van der Waals surface area contributed by atoms with E-state index in [-0.39, 0.29) is 0 Å². The quantitative estimate of drug-likeness (QED) is 0.544. The first-order chi connectivity index (χ1) is 14.3. The highest BCUT2D eigenvalue weighted by Gasteiger charge is 2.50. The van der Waals surface area contributed by atoms with Crippen molar-refractivity contribution in [2.45, 2.75) is 66.7 Å². The summed E-state index contributed by atoms with van der Waals surface area (Å²) in [7, 11) is 0. The first-order valence-electron chi connectivity index (χ1n) is 11.7. The van der Waals surface area contributed by atoms with Crippen LogP contribution in [0.3, 0.4) is 0 Å². The molecule has 2 aromatic rings. The Hall–Kier alpha value is -1.45. The van der Waals surface area contributed by atoms with Crippen molar-refractivity contribution in [1.29, 1.82) is 0 Å². The number of nitrogens with one attached hydrogen (secondary N) is 1. The van der Waals surface area contributed by atoms with Crippen LogP contribution < -0.4 is 10.2 Å². The van der Waals surface area contributed by atoms with Crippen molar-refractivity contribution in [3.63, 3.8) is 0 Å². The topological polar surface area (TPSA) is 15.3 Å². The predicted molar refractivity (Wildman–Crippen MR) is 122 cm³/mol. The highest BCUT2D eigenvalue weighted by Crippen LogP contribution is 2.55. The van der Waals surface area contributed by atoms with E-state index < -0.39 is 0 Å². The van der Waals surface area contributed by atoms with Crippen molar-refractivity contribution in [2.75, 3.05) is 18.0 Å². The highest BCUT2D eigenvalue weighted by atomic mass is 32.2. The molecule has 5 aliphatic rings. The Morgan fingerprint density at radius 1 is 0.793 bits per heavy atom. The molecule has 2 nitrogen and oxygen atoms in total. The van der Waals surface area contributed by atoms with Gasteiger partial charge in [0.2, 0.25) is 0 Å². The smallest absolute Gasteiger partial charge is 0.0552 e. The number of rotatable bonds is 6. The maximum atomic E-state index is 4.08. The summed E-state index contributed by atoms with van der Waals surface area (Å²) < 4.78 is 0. The Kier molecular flexibility index (Phi) is 4.65. The number of hydrogen-bond donors (Lipinski definition) is 1. The monoisotopic (exact) mass is 404 g/mol. The molecule has 2 aromatic carbocycles. The Morgan fingerprint density at radius 3 is 1.93 bits per heavy atom. The molecule has 0 aromatic heterocycles. The lowest BCUT2D eigenvalue weighted by Gasteiger charge is -2.57. The van der Waals surface area contributed by atoms with Gasteiger partial charge < -0.3 is 10.2 Å². The molecule has 152 valence electrons. The summed E-state index contributed by atoms with van der Waals surface area (Å²) in [5.74, 6) is 3.10. The zero-order chi connectivity index (χ0) is 19.3. The summed E-state index contributed by atoms with van der Waals surface area (Å²) >= 11 is 1.91. The molecule has 1 N–H and O–H groups in total. The van der Waals surface area contributed by atoms with Crippen molar-refractivity contribution >= 4 is 23.1 Å². The lowest BCUT2D eigenvalue weighted by Crippen LogP contribution is -2.58. The molecule has 4 fully saturated rings. The average Bonchev–Trinajstić information content (AvgIpc) is 2.72. The van der Waals surface area contributed by atoms with E-state index in [0.29, 0.717) is 5.54 Å². The number of hydrogen-bond acceptors (Lipinski definition) is 3. The van der Waals surface area contributed by atoms with Crippen LogP contribution in [0, 0.1) is 17.8 Å². The van der Waals surface area contributed by atoms with E-state index in [2.05, 4.69) is 58.7 Å². The third-order valence-corrected chi connectivity index (χ3v) is 9.01. The number of para-hydroxylation sites is 2. The van der Waals surface area contributed by atoms with Crippen LogP contribution in [0.25, 0.3) is 0 Å². The van der Waals surface area contributed by atoms with Crippen LogP contribution in [0.5, 0.6) is 0 Å². The normalized spacial score (nSPS) is 31.6. The molecule has 1 heterocycles. The zero-order valence-corrected chi connectivity index (χ0v) is 18.1. The molecule has 4 bridgehead atoms. The van der Waals surface area contributed by atoms with E-state index in [9.17, 15) is 0 Å². The average molecular weight is 405 g/mol. The van der Waals surface area contributed by atoms with Gasteiger partial charge in [0.05, 0.1) is 11.4 Å². The molecule has 29 heavy (non-hydrogen) atoms. The molecule has 1 aliphatic heterocycles. The van der Waals surface area contributed by atoms with Crippen LogP contribution >= 0.6 is 11.8 Å². The number of fused-ring (bicyclic) bond motifs is 2. The Labute approximate surface area is 179 Å². The van der Waals surface area contributed by atoms with Gasteiger partial charge in [0.1, 0.15) is 0 Å². The van der Waals surface area contributed by atoms with E-state index in [1.165, 1.54) is 79.1 Å². The summed E-state index contributed by atoms with van der Waals surface area (Å²) in [4.78, 5) is 5.32. The Balaban J connectivity index is 1.08. The van der Waals surface area contributed by atoms with Crippen molar-refractivity contribution < 1.29 is 0 Å². The molecule has 0 amide bonds. The van der Waals surface area contributed by atoms with Crippen LogP contribution in [0.4, 0.5) is 11.4 Å². The van der Waals surface area contributed by atoms with Crippen LogP contribution in [0.2, 0.25) is 0 Å². The maximum absolute atomic E-state index is 4.08. The molecular weight excluding hydrogens is 372 g/mol. The lowest BCUT2D eigenvalue weighted by molar-refractivity contribution is -0.0195. The van der Waals surface area contributed by atoms with Gasteiger partial charge >= 0.3 is 0 Å². The van der Waals surface area contributed by atoms with E-state index in [1.807, 2.05) is 11.8 Å². The summed E-state index contributed by atoms with van der Waals surface area (Å²) in [5.41, 5.74) is 3.27. The van der Waals surface area contributed by atoms with E-state index >= 15 is 0 Å². The van der Waals surface area contributed by atoms with E-state index in [0.717, 1.165) is 24.3 Å². The van der Waals surface area contributed by atoms with Gasteiger partial charge in [-0.3, -0.25) is 0 Å². The third-order valence-electron chi connectivity index (χ3n) is 7.88. The third kappa shape index (κ3) is 3.41. The summed E-state index contributed by atoms with van der Waals surface area (Å²) in [6.45, 7) is 2.30. The Morgan fingerprint density at radius 2 is 1.34 bits per heavy atom. The first-order valence-corrected chi connectivity index (χ1v) is 12.5. The van der Waals surface area contributed by atoms with Crippen molar-refractivity contribution in [3.8, 4) is 0 Å². The number of benzene rings is 2. The fourth-order valence-electron chi connectivity index (χ4n) is 7.10. The van der Waals surface area contributed by atoms with Crippen LogP contribution in [-0.4, -0.2) is 18.6 Å². The predicted octanol–water partition coefficient (Wildman–Crippen LogP) is 6.63. The van der Waals surface area contributed by atoms with Gasteiger partial charge in [-0.25, -0.2) is 0 Å². The number of nitrogens with zero attached hydrogens (tertiary/aromatic N) is 1. The van der Waals surface area contributed by atoms with Gasteiger partial charge in [-0.15, -0.1) is 0 Å². The van der Waals surface area contributed by atoms with Crippen LogP contribution in [-0.2, 0) is 0 Å². The molecule has 0 spiro atoms. The van der Waals surface area contributed by atoms with Gasteiger partial charge in [0.25, 0.3) is 0 Å². The minimum atomic E-state index is 0.510. The minimum Gasteiger partial charge on any atom is -0.340 e. The van der Waals surface area contributed by atoms with Gasteiger partial charge in [0.15, 0.2) is 0 Å². The second-order valence-electron chi connectivity index (χ2n) is 10.0. The fourth-order valence-corrected chi connectivity index (χ4v) is 8.19. The molecule has 0 saturated heterocycles. The van der Waals surface area contributed by atoms with E-state index in [4.69, 9.17) is 0 Å². The molecule has 4 aliphatic carbocycles. The maximum Gasteiger partial charge on any atom is 0.0552 e. The molecular formula is C26H32N2S. The van der Waals surface area contributed by atoms with Crippen molar-refractivity contribution in [2.24, 2.45) is 17.8 Å². The number of unbranched alkanes of at least 4 members (excludes halogenated alkanes) is 1. The largest absolute Gasteiger partial charge is 0.340 e. The molecule has 0 atom stereocenters. The fraction of sp³-hybridized carbons (Fsp3) is 0.538. The second kappa shape index (κ2) is 7.35. The molecule has 0 radical (unpaired) electrons. The van der Waals surface area contributed by atoms with Crippen LogP contribution in [0.15, 0.2) is 58.3 Å². The summed E-state index contributed by atoms with van der Waals surface area (Å²) in [6.07, 6.45) is 11.5. The standard InChI is InChI=1S/C26H32N2S/c1-3-9-24-22(7-1)28(23-8-2-4-10-25(23)29-24)12-6-5-11-27-26-16-19-13-20(17-26)15-21(14-19)18-26/h1-4,7-10,19-21,27H,5-6,11-18H2. The molecule has 0 unspecified atom stereocenters. The zero-order valence-electron chi connectivity index (χ0n) is 17.3. The highest BCUT2D eigenvalue weighted by molar-refractivity contribution is 7.99. The van der Waals surface area contributed by atoms with Gasteiger partial charge in [0, 0.05) is 21.9 Å². The SMILES string of the molecule is c1ccc2c(c1)Sc1ccccc1N2CCCCNC12CC3CC(CC(C3)C1)C2. The number of anilines is 2. The van der Waals surface area contributed by atoms with Crippen molar-refractivity contribution in [3.05, 3.63) is 48.5 Å². The summed E-state index contributed by atoms with van der Waals surface area (Å²) in [5, 5.41) is 4.08. The first kappa shape index (κ1) is 18.3. The molecule has 3 heteroatoms. The minimum absolute atomic E-state index is 0.510. The van der Waals surface area contributed by atoms with Crippen LogP contribution in [0.1, 0.15) is 51.4 Å². The Bertz CT molecular complexity index is 811. The van der Waals surface area contributed by atoms with Gasteiger partial charge in [-0.1, -0.05) is 36.0 Å². The lowest BCUT2D eigenvalue weighted by atomic mass is 9.53. The molecule has 4 saturated carbocycles. The molecule has 7 rings (SSSR count). The van der Waals surface area contributed by atoms with Gasteiger partial charge in [-0.05, 0) is 99.9 Å². The second-order valence-corrected chi connectivity index (χ2v) is 11.1.